The molecule has 0 aromatic heterocycles. The fourth-order valence-electron chi connectivity index (χ4n) is 8.25. The highest BCUT2D eigenvalue weighted by molar-refractivity contribution is 6.32. The number of carbonyl (C=O) groups excluding carboxylic acids is 8. The summed E-state index contributed by atoms with van der Waals surface area (Å²) in [5.74, 6) is -8.13. The highest BCUT2D eigenvalue weighted by Gasteiger charge is 2.53. The normalized spacial score (nSPS) is 15.2. The largest absolute Gasteiger partial charge is 0.504 e. The van der Waals surface area contributed by atoms with Crippen molar-refractivity contribution in [3.8, 4) is 23.0 Å². The molecule has 0 spiro atoms. The van der Waals surface area contributed by atoms with E-state index in [2.05, 4.69) is 26.6 Å². The Bertz CT molecular complexity index is 2580. The Morgan fingerprint density at radius 3 is 1.84 bits per heavy atom. The predicted octanol–water partition coefficient (Wildman–Crippen LogP) is 2.61. The van der Waals surface area contributed by atoms with E-state index in [1.165, 1.54) is 41.3 Å². The van der Waals surface area contributed by atoms with Crippen molar-refractivity contribution < 1.29 is 73.9 Å². The number of carboxylic acids is 1. The first kappa shape index (κ1) is 57.0. The van der Waals surface area contributed by atoms with Crippen LogP contribution in [0.15, 0.2) is 77.5 Å². The number of carboxylic acid groups (broad SMARTS) is 1. The smallest absolute Gasteiger partial charge is 0.353 e. The zero-order chi connectivity index (χ0) is 53.9. The molecule has 23 nitrogen and oxygen atoms in total. The van der Waals surface area contributed by atoms with Crippen molar-refractivity contribution in [2.75, 3.05) is 39.3 Å². The van der Waals surface area contributed by atoms with Crippen molar-refractivity contribution in [3.63, 3.8) is 0 Å². The van der Waals surface area contributed by atoms with Crippen molar-refractivity contribution in [1.82, 2.24) is 41.4 Å². The average Bonchev–Trinajstić information content (AvgIpc) is 3.38. The van der Waals surface area contributed by atoms with E-state index < -0.39 is 89.0 Å². The maximum absolute atomic E-state index is 13.5. The van der Waals surface area contributed by atoms with Crippen LogP contribution in [0.25, 0.3) is 0 Å². The van der Waals surface area contributed by atoms with Gasteiger partial charge in [0.05, 0.1) is 17.2 Å². The standard InChI is InChI=1S/C50H61ClN8O15/c51-33-18-19-34-42(49(71)59(34)43(33)50(72)73)56-48(70)41(30-12-3-1-4-13-30)55-38(63)21-23-40(65)58(74)29-7-2-5-24-52-37(62)20-22-39(64)57(28-11-26-54-47(69)32-15-10-17-36(61)45(32)67)27-8-6-25-53-46(68)31-14-9-16-35(60)44(31)66/h1,3-4,9-10,12-17,34,41-42,60-61,66-67,74H,2,5-8,11,18-29H2,(H,52,62)(H,53,68)(H,54,69)(H,55,63)(H,56,70)(H,72,73)/t34-,41-,42?/m1/s1. The third-order valence-electron chi connectivity index (χ3n) is 12.3. The van der Waals surface area contributed by atoms with Crippen molar-refractivity contribution >= 4 is 64.8 Å². The van der Waals surface area contributed by atoms with Gasteiger partial charge in [-0.05, 0) is 81.2 Å². The van der Waals surface area contributed by atoms with Crippen molar-refractivity contribution in [2.24, 2.45) is 0 Å². The van der Waals surface area contributed by atoms with E-state index in [0.717, 1.165) is 4.90 Å². The van der Waals surface area contributed by atoms with E-state index in [-0.39, 0.29) is 98.6 Å². The van der Waals surface area contributed by atoms with Crippen LogP contribution >= 0.6 is 11.6 Å². The van der Waals surface area contributed by atoms with Crippen molar-refractivity contribution in [1.29, 1.82) is 0 Å². The first-order valence-electron chi connectivity index (χ1n) is 24.1. The first-order chi connectivity index (χ1) is 35.4. The number of hydrogen-bond donors (Lipinski definition) is 11. The first-order valence-corrected chi connectivity index (χ1v) is 24.5. The van der Waals surface area contributed by atoms with E-state index in [4.69, 9.17) is 11.6 Å². The number of phenolic OH excluding ortho intramolecular Hbond substituents is 4. The topological polar surface area (TPSA) is 345 Å². The van der Waals surface area contributed by atoms with Gasteiger partial charge in [0.1, 0.15) is 17.8 Å². The maximum Gasteiger partial charge on any atom is 0.353 e. The Morgan fingerprint density at radius 2 is 1.20 bits per heavy atom. The molecule has 398 valence electrons. The second kappa shape index (κ2) is 27.8. The van der Waals surface area contributed by atoms with Gasteiger partial charge in [-0.15, -0.1) is 0 Å². The summed E-state index contributed by atoms with van der Waals surface area (Å²) in [5, 5.41) is 73.1. The number of phenols is 4. The summed E-state index contributed by atoms with van der Waals surface area (Å²) in [4.78, 5) is 118. The zero-order valence-electron chi connectivity index (χ0n) is 40.4. The molecular weight excluding hydrogens is 988 g/mol. The summed E-state index contributed by atoms with van der Waals surface area (Å²) in [6, 6.07) is 13.2. The number of nitrogens with zero attached hydrogens (tertiary/aromatic N) is 3. The molecule has 3 aromatic rings. The molecule has 3 atom stereocenters. The van der Waals surface area contributed by atoms with Crippen LogP contribution in [0.2, 0.25) is 0 Å². The summed E-state index contributed by atoms with van der Waals surface area (Å²) in [5.41, 5.74) is -0.171. The number of amides is 8. The fraction of sp³-hybridized carbons (Fsp3) is 0.420. The summed E-state index contributed by atoms with van der Waals surface area (Å²) in [6.07, 6.45) is 1.98. The van der Waals surface area contributed by atoms with Crippen LogP contribution in [0.3, 0.4) is 0 Å². The molecule has 8 amide bonds. The molecule has 3 aromatic carbocycles. The number of β-lactam (4-membered cyclic amide) rings is 1. The molecule has 0 bridgehead atoms. The molecule has 0 aliphatic carbocycles. The number of aromatic hydroxyl groups is 4. The third kappa shape index (κ3) is 15.8. The van der Waals surface area contributed by atoms with Crippen LogP contribution in [0.4, 0.5) is 0 Å². The van der Waals surface area contributed by atoms with E-state index in [9.17, 15) is 73.9 Å². The lowest BCUT2D eigenvalue weighted by Crippen LogP contribution is -2.72. The molecule has 0 saturated carbocycles. The van der Waals surface area contributed by atoms with E-state index in [1.807, 2.05) is 0 Å². The molecule has 24 heteroatoms. The van der Waals surface area contributed by atoms with Crippen LogP contribution < -0.4 is 26.6 Å². The number of nitrogens with one attached hydrogen (secondary N) is 5. The number of para-hydroxylation sites is 2. The number of rotatable bonds is 28. The monoisotopic (exact) mass is 1050 g/mol. The minimum absolute atomic E-state index is 0.0331. The molecule has 5 rings (SSSR count). The Balaban J connectivity index is 0.989. The van der Waals surface area contributed by atoms with Gasteiger partial charge < -0.3 is 57.0 Å². The van der Waals surface area contributed by atoms with Crippen LogP contribution in [0.5, 0.6) is 23.0 Å². The highest BCUT2D eigenvalue weighted by atomic mass is 35.5. The third-order valence-corrected chi connectivity index (χ3v) is 12.6. The van der Waals surface area contributed by atoms with Gasteiger partial charge >= 0.3 is 5.97 Å². The minimum atomic E-state index is -1.36. The number of benzene rings is 3. The van der Waals surface area contributed by atoms with E-state index in [0.29, 0.717) is 55.6 Å². The van der Waals surface area contributed by atoms with Crippen LogP contribution in [-0.2, 0) is 33.6 Å². The van der Waals surface area contributed by atoms with Gasteiger partial charge in [-0.25, -0.2) is 9.86 Å². The molecule has 0 radical (unpaired) electrons. The number of unbranched alkanes of at least 4 members (excludes halogenated alkanes) is 3. The molecule has 74 heavy (non-hydrogen) atoms. The van der Waals surface area contributed by atoms with Gasteiger partial charge in [-0.1, -0.05) is 54.1 Å². The zero-order valence-corrected chi connectivity index (χ0v) is 41.1. The van der Waals surface area contributed by atoms with E-state index >= 15 is 0 Å². The Labute approximate surface area is 430 Å². The molecule has 11 N–H and O–H groups in total. The van der Waals surface area contributed by atoms with Crippen LogP contribution in [-0.4, -0.2) is 150 Å². The number of hydrogen-bond acceptors (Lipinski definition) is 14. The van der Waals surface area contributed by atoms with Crippen LogP contribution in [0.1, 0.15) is 109 Å². The van der Waals surface area contributed by atoms with Gasteiger partial charge in [0.15, 0.2) is 23.0 Å². The highest BCUT2D eigenvalue weighted by Crippen LogP contribution is 2.38. The van der Waals surface area contributed by atoms with Gasteiger partial charge in [0.25, 0.3) is 17.7 Å². The lowest BCUT2D eigenvalue weighted by Gasteiger charge is -2.49. The van der Waals surface area contributed by atoms with Gasteiger partial charge in [-0.3, -0.25) is 48.5 Å². The Morgan fingerprint density at radius 1 is 0.649 bits per heavy atom. The molecule has 2 aliphatic heterocycles. The lowest BCUT2D eigenvalue weighted by atomic mass is 9.86. The SMILES string of the molecule is O=C(CCC(=O)N(CCCCNC(=O)c1cccc(O)c1O)CCCNC(=O)c1cccc(O)c1O)NCCCCCN(O)C(=O)CCC(=O)N[C@@H](C(=O)NC1C(=O)N2C(C(=O)O)=C(Cl)CC[C@H]12)c1ccccc1. The molecule has 1 fully saturated rings. The number of carbonyl (C=O) groups is 9. The fourth-order valence-corrected chi connectivity index (χ4v) is 8.53. The molecule has 1 saturated heterocycles. The molecule has 2 heterocycles. The number of aliphatic carboxylic acids is 1. The summed E-state index contributed by atoms with van der Waals surface area (Å²) in [7, 11) is 0. The van der Waals surface area contributed by atoms with Gasteiger partial charge in [-0.2, -0.15) is 0 Å². The minimum Gasteiger partial charge on any atom is -0.504 e. The molecule has 1 unspecified atom stereocenters. The second-order valence-corrected chi connectivity index (χ2v) is 18.0. The number of hydroxylamine groups is 2. The summed E-state index contributed by atoms with van der Waals surface area (Å²) < 4.78 is 0. The van der Waals surface area contributed by atoms with Crippen molar-refractivity contribution in [3.05, 3.63) is 94.1 Å². The van der Waals surface area contributed by atoms with Gasteiger partial charge in [0, 0.05) is 70.0 Å². The van der Waals surface area contributed by atoms with Crippen LogP contribution in [0, 0.1) is 0 Å². The van der Waals surface area contributed by atoms with E-state index in [1.54, 1.807) is 30.3 Å². The molecular formula is C50H61ClN8O15. The van der Waals surface area contributed by atoms with Gasteiger partial charge in [0.2, 0.25) is 29.5 Å². The quantitative estimate of drug-likeness (QED) is 0.0164. The Kier molecular flexibility index (Phi) is 21.4. The average molecular weight is 1050 g/mol. The summed E-state index contributed by atoms with van der Waals surface area (Å²) in [6.45, 7) is 0.926. The number of fused-ring (bicyclic) bond motifs is 1. The number of allylic oxidation sites excluding steroid dienone is 1. The lowest BCUT2D eigenvalue weighted by molar-refractivity contribution is -0.166. The Hall–Kier alpha value is -7.92. The van der Waals surface area contributed by atoms with Crippen molar-refractivity contribution in [2.45, 2.75) is 95.2 Å². The maximum atomic E-state index is 13.5. The second-order valence-electron chi connectivity index (χ2n) is 17.5. The molecule has 2 aliphatic rings. The summed E-state index contributed by atoms with van der Waals surface area (Å²) >= 11 is 6.07. The number of halogens is 1. The predicted molar refractivity (Wildman–Crippen MR) is 263 cm³/mol.